The maximum atomic E-state index is 13.4. The predicted molar refractivity (Wildman–Crippen MR) is 118 cm³/mol. The molecule has 172 valence electrons. The van der Waals surface area contributed by atoms with Gasteiger partial charge in [-0.1, -0.05) is 18.2 Å². The van der Waals surface area contributed by atoms with Crippen molar-refractivity contribution in [1.82, 2.24) is 23.1 Å². The zero-order chi connectivity index (χ0) is 23.9. The van der Waals surface area contributed by atoms with Crippen molar-refractivity contribution in [1.29, 1.82) is 0 Å². The van der Waals surface area contributed by atoms with Crippen molar-refractivity contribution in [2.75, 3.05) is 6.61 Å². The van der Waals surface area contributed by atoms with Crippen molar-refractivity contribution < 1.29 is 19.1 Å². The summed E-state index contributed by atoms with van der Waals surface area (Å²) in [4.78, 5) is 53.7. The molecule has 0 fully saturated rings. The van der Waals surface area contributed by atoms with Crippen molar-refractivity contribution in [2.45, 2.75) is 33.4 Å². The van der Waals surface area contributed by atoms with E-state index in [0.717, 1.165) is 15.9 Å². The molecule has 0 bridgehead atoms. The highest BCUT2D eigenvalue weighted by Crippen LogP contribution is 2.20. The molecular weight excluding hydrogens is 430 g/mol. The molecule has 1 atom stereocenters. The second-order valence-corrected chi connectivity index (χ2v) is 7.69. The van der Waals surface area contributed by atoms with Crippen LogP contribution in [0.1, 0.15) is 19.5 Å². The summed E-state index contributed by atoms with van der Waals surface area (Å²) in [5.74, 6) is -0.714. The third kappa shape index (κ3) is 3.93. The third-order valence-electron chi connectivity index (χ3n) is 5.23. The Balaban J connectivity index is 1.90. The first-order valence-electron chi connectivity index (χ1n) is 10.2. The van der Waals surface area contributed by atoms with Gasteiger partial charge in [0.25, 0.3) is 5.56 Å². The highest BCUT2D eigenvalue weighted by molar-refractivity contribution is 5.76. The van der Waals surface area contributed by atoms with E-state index in [-0.39, 0.29) is 24.3 Å². The van der Waals surface area contributed by atoms with Gasteiger partial charge in [-0.2, -0.15) is 4.98 Å². The lowest BCUT2D eigenvalue weighted by Crippen LogP contribution is -2.43. The Morgan fingerprint density at radius 2 is 1.79 bits per heavy atom. The standard InChI is InChI=1S/C22H23N5O6/c1-13-10-25-18-19(23-21(25)27(13)16-8-6-5-7-9-16)24(4)22(31)26(20(18)30)11-17(33-15(3)29)12-32-14(2)28/h5-10,17H,11-12H2,1-4H3/t17-/m1/s1. The molecule has 0 aliphatic rings. The fourth-order valence-electron chi connectivity index (χ4n) is 3.84. The van der Waals surface area contributed by atoms with Crippen molar-refractivity contribution in [3.8, 4) is 5.69 Å². The van der Waals surface area contributed by atoms with E-state index in [0.29, 0.717) is 5.78 Å². The summed E-state index contributed by atoms with van der Waals surface area (Å²) in [5.41, 5.74) is 0.922. The quantitative estimate of drug-likeness (QED) is 0.399. The van der Waals surface area contributed by atoms with Gasteiger partial charge < -0.3 is 9.47 Å². The molecule has 0 aliphatic heterocycles. The van der Waals surface area contributed by atoms with Crippen LogP contribution in [0.5, 0.6) is 0 Å². The van der Waals surface area contributed by atoms with Crippen molar-refractivity contribution in [2.24, 2.45) is 7.05 Å². The van der Waals surface area contributed by atoms with Gasteiger partial charge >= 0.3 is 17.6 Å². The zero-order valence-corrected chi connectivity index (χ0v) is 18.6. The lowest BCUT2D eigenvalue weighted by atomic mass is 10.3. The number of ether oxygens (including phenoxy) is 2. The number of rotatable bonds is 6. The summed E-state index contributed by atoms with van der Waals surface area (Å²) >= 11 is 0. The lowest BCUT2D eigenvalue weighted by Gasteiger charge is -2.18. The van der Waals surface area contributed by atoms with Crippen LogP contribution in [0.3, 0.4) is 0 Å². The van der Waals surface area contributed by atoms with E-state index >= 15 is 0 Å². The highest BCUT2D eigenvalue weighted by atomic mass is 16.6. The molecule has 0 unspecified atom stereocenters. The first-order chi connectivity index (χ1) is 15.7. The minimum Gasteiger partial charge on any atom is -0.462 e. The average Bonchev–Trinajstić information content (AvgIpc) is 3.28. The number of hydrogen-bond acceptors (Lipinski definition) is 7. The van der Waals surface area contributed by atoms with E-state index in [9.17, 15) is 19.2 Å². The minimum absolute atomic E-state index is 0.207. The molecule has 4 aromatic rings. The Morgan fingerprint density at radius 1 is 1.09 bits per heavy atom. The van der Waals surface area contributed by atoms with Crippen LogP contribution < -0.4 is 11.2 Å². The molecule has 33 heavy (non-hydrogen) atoms. The Labute approximate surface area is 187 Å². The molecule has 0 aliphatic carbocycles. The fraction of sp³-hybridized carbons (Fsp3) is 0.318. The van der Waals surface area contributed by atoms with Crippen molar-refractivity contribution >= 4 is 28.9 Å². The van der Waals surface area contributed by atoms with Gasteiger partial charge in [0.15, 0.2) is 17.3 Å². The molecule has 1 aromatic carbocycles. The maximum Gasteiger partial charge on any atom is 0.332 e. The summed E-state index contributed by atoms with van der Waals surface area (Å²) in [6, 6.07) is 9.54. The van der Waals surface area contributed by atoms with Crippen molar-refractivity contribution in [3.05, 3.63) is 63.1 Å². The number of aryl methyl sites for hydroxylation is 2. The van der Waals surface area contributed by atoms with Crippen LogP contribution in [0.2, 0.25) is 0 Å². The Morgan fingerprint density at radius 3 is 2.42 bits per heavy atom. The summed E-state index contributed by atoms with van der Waals surface area (Å²) in [7, 11) is 1.51. The van der Waals surface area contributed by atoms with Gasteiger partial charge in [-0.25, -0.2) is 4.79 Å². The highest BCUT2D eigenvalue weighted by Gasteiger charge is 2.23. The van der Waals surface area contributed by atoms with Crippen LogP contribution in [0, 0.1) is 6.92 Å². The maximum absolute atomic E-state index is 13.4. The zero-order valence-electron chi connectivity index (χ0n) is 18.6. The number of fused-ring (bicyclic) bond motifs is 3. The predicted octanol–water partition coefficient (Wildman–Crippen LogP) is 0.942. The van der Waals surface area contributed by atoms with Crippen molar-refractivity contribution in [3.63, 3.8) is 0 Å². The summed E-state index contributed by atoms with van der Waals surface area (Å²) in [6.07, 6.45) is 0.768. The molecule has 0 amide bonds. The van der Waals surface area contributed by atoms with Gasteiger partial charge in [0.05, 0.1) is 6.54 Å². The van der Waals surface area contributed by atoms with Gasteiger partial charge in [0, 0.05) is 38.5 Å². The SMILES string of the molecule is CC(=O)OC[C@@H](Cn1c(=O)c2c(nc3n(-c4ccccc4)c(C)cn23)n(C)c1=O)OC(C)=O. The van der Waals surface area contributed by atoms with Gasteiger partial charge in [-0.15, -0.1) is 0 Å². The Hall–Kier alpha value is -4.15. The molecule has 0 spiro atoms. The number of imidazole rings is 2. The molecule has 11 nitrogen and oxygen atoms in total. The van der Waals surface area contributed by atoms with Crippen LogP contribution in [0.15, 0.2) is 46.1 Å². The van der Waals surface area contributed by atoms with Crippen LogP contribution >= 0.6 is 0 Å². The molecule has 0 radical (unpaired) electrons. The Kier molecular flexibility index (Phi) is 5.62. The Bertz CT molecular complexity index is 1490. The molecule has 11 heteroatoms. The lowest BCUT2D eigenvalue weighted by molar-refractivity contribution is -0.157. The molecule has 4 rings (SSSR count). The van der Waals surface area contributed by atoms with E-state index in [2.05, 4.69) is 4.98 Å². The number of aromatic nitrogens is 5. The summed E-state index contributed by atoms with van der Waals surface area (Å²) in [6.45, 7) is 3.74. The minimum atomic E-state index is -1.01. The largest absolute Gasteiger partial charge is 0.462 e. The number of esters is 2. The number of carbonyl (C=O) groups is 2. The third-order valence-corrected chi connectivity index (χ3v) is 5.23. The first kappa shape index (κ1) is 22.1. The van der Waals surface area contributed by atoms with Gasteiger partial charge in [0.1, 0.15) is 6.61 Å². The van der Waals surface area contributed by atoms with Crippen LogP contribution in [0.25, 0.3) is 22.6 Å². The van der Waals surface area contributed by atoms with E-state index in [1.807, 2.05) is 41.8 Å². The summed E-state index contributed by atoms with van der Waals surface area (Å²) in [5, 5.41) is 0. The van der Waals surface area contributed by atoms with E-state index < -0.39 is 29.3 Å². The second kappa shape index (κ2) is 8.41. The number of hydrogen-bond donors (Lipinski definition) is 0. The average molecular weight is 453 g/mol. The normalized spacial score (nSPS) is 12.2. The molecule has 3 heterocycles. The van der Waals surface area contributed by atoms with Crippen LogP contribution in [0.4, 0.5) is 0 Å². The number of para-hydroxylation sites is 1. The van der Waals surface area contributed by atoms with Crippen LogP contribution in [-0.2, 0) is 32.7 Å². The number of nitrogens with zero attached hydrogens (tertiary/aromatic N) is 5. The van der Waals surface area contributed by atoms with E-state index in [1.54, 1.807) is 10.6 Å². The van der Waals surface area contributed by atoms with Gasteiger partial charge in [0.2, 0.25) is 5.78 Å². The van der Waals surface area contributed by atoms with Gasteiger partial charge in [-0.3, -0.25) is 32.5 Å². The summed E-state index contributed by atoms with van der Waals surface area (Å²) < 4.78 is 15.9. The topological polar surface area (TPSA) is 119 Å². The monoisotopic (exact) mass is 453 g/mol. The molecule has 0 N–H and O–H groups in total. The number of benzene rings is 1. The van der Waals surface area contributed by atoms with Crippen LogP contribution in [-0.4, -0.2) is 47.7 Å². The molecule has 0 saturated heterocycles. The molecule has 3 aromatic heterocycles. The van der Waals surface area contributed by atoms with E-state index in [1.165, 1.54) is 25.5 Å². The molecular formula is C22H23N5O6. The molecule has 0 saturated carbocycles. The van der Waals surface area contributed by atoms with E-state index in [4.69, 9.17) is 9.47 Å². The fourth-order valence-corrected chi connectivity index (χ4v) is 3.84. The number of carbonyl (C=O) groups excluding carboxylic acids is 2. The first-order valence-corrected chi connectivity index (χ1v) is 10.2. The second-order valence-electron chi connectivity index (χ2n) is 7.69. The smallest absolute Gasteiger partial charge is 0.332 e. The van der Waals surface area contributed by atoms with Gasteiger partial charge in [-0.05, 0) is 19.1 Å².